The number of halogens is 1. The number of nitrogens with one attached hydrogen (secondary N) is 2. The van der Waals surface area contributed by atoms with Gasteiger partial charge in [-0.3, -0.25) is 4.72 Å². The van der Waals surface area contributed by atoms with Gasteiger partial charge < -0.3 is 10.7 Å². The van der Waals surface area contributed by atoms with Crippen molar-refractivity contribution < 1.29 is 8.42 Å². The van der Waals surface area contributed by atoms with Gasteiger partial charge in [-0.15, -0.1) is 12.4 Å². The third-order valence-electron chi connectivity index (χ3n) is 3.88. The zero-order valence-corrected chi connectivity index (χ0v) is 15.0. The second-order valence-electron chi connectivity index (χ2n) is 5.45. The number of aromatic nitrogens is 1. The summed E-state index contributed by atoms with van der Waals surface area (Å²) in [4.78, 5) is 3.13. The average molecular weight is 377 g/mol. The van der Waals surface area contributed by atoms with E-state index in [1.54, 1.807) is 30.5 Å². The monoisotopic (exact) mass is 376 g/mol. The lowest BCUT2D eigenvalue weighted by Crippen LogP contribution is -2.13. The summed E-state index contributed by atoms with van der Waals surface area (Å²) < 4.78 is 27.7. The SMILES string of the molecule is Cc1ccc(NS(=O)(=O)c2ccc(CN)cc2)c2[nH]cc(C#N)c12.Cl. The van der Waals surface area contributed by atoms with Gasteiger partial charge in [-0.2, -0.15) is 5.26 Å². The smallest absolute Gasteiger partial charge is 0.261 e. The normalized spacial score (nSPS) is 10.9. The fraction of sp³-hybridized carbons (Fsp3) is 0.118. The number of benzene rings is 2. The highest BCUT2D eigenvalue weighted by Gasteiger charge is 2.17. The molecule has 3 rings (SSSR count). The molecule has 2 aromatic carbocycles. The lowest BCUT2D eigenvalue weighted by molar-refractivity contribution is 0.601. The van der Waals surface area contributed by atoms with Crippen LogP contribution in [0.25, 0.3) is 10.9 Å². The number of hydrogen-bond acceptors (Lipinski definition) is 4. The molecule has 8 heteroatoms. The molecule has 4 N–H and O–H groups in total. The number of hydrogen-bond donors (Lipinski definition) is 3. The molecule has 0 spiro atoms. The van der Waals surface area contributed by atoms with E-state index >= 15 is 0 Å². The molecule has 130 valence electrons. The minimum atomic E-state index is -3.73. The first-order chi connectivity index (χ1) is 11.5. The topological polar surface area (TPSA) is 112 Å². The fourth-order valence-corrected chi connectivity index (χ4v) is 3.67. The van der Waals surface area contributed by atoms with E-state index in [1.807, 2.05) is 6.92 Å². The van der Waals surface area contributed by atoms with Crippen LogP contribution in [0.1, 0.15) is 16.7 Å². The van der Waals surface area contributed by atoms with E-state index < -0.39 is 10.0 Å². The van der Waals surface area contributed by atoms with E-state index in [9.17, 15) is 13.7 Å². The first-order valence-corrected chi connectivity index (χ1v) is 8.77. The number of nitrogens with zero attached hydrogens (tertiary/aromatic N) is 1. The Hall–Kier alpha value is -2.53. The molecular weight excluding hydrogens is 360 g/mol. The van der Waals surface area contributed by atoms with Gasteiger partial charge in [0, 0.05) is 18.1 Å². The first-order valence-electron chi connectivity index (χ1n) is 7.29. The predicted molar refractivity (Wildman–Crippen MR) is 100 cm³/mol. The maximum absolute atomic E-state index is 12.6. The Kier molecular flexibility index (Phi) is 5.38. The Balaban J connectivity index is 0.00000225. The molecule has 0 aliphatic carbocycles. The zero-order valence-electron chi connectivity index (χ0n) is 13.4. The Morgan fingerprint density at radius 2 is 1.88 bits per heavy atom. The van der Waals surface area contributed by atoms with Crippen LogP contribution in [0, 0.1) is 18.3 Å². The molecule has 1 aromatic heterocycles. The van der Waals surface area contributed by atoms with Crippen LogP contribution in [0.15, 0.2) is 47.5 Å². The van der Waals surface area contributed by atoms with E-state index in [0.717, 1.165) is 16.5 Å². The largest absolute Gasteiger partial charge is 0.358 e. The summed E-state index contributed by atoms with van der Waals surface area (Å²) >= 11 is 0. The molecule has 0 amide bonds. The Morgan fingerprint density at radius 3 is 2.48 bits per heavy atom. The summed E-state index contributed by atoms with van der Waals surface area (Å²) in [5.74, 6) is 0. The van der Waals surface area contributed by atoms with Crippen LogP contribution < -0.4 is 10.5 Å². The summed E-state index contributed by atoms with van der Waals surface area (Å²) in [6.45, 7) is 2.23. The minimum Gasteiger partial charge on any atom is -0.358 e. The standard InChI is InChI=1S/C17H16N4O2S.ClH/c1-11-2-7-15(17-16(11)13(9-19)10-20-17)21-24(22,23)14-5-3-12(8-18)4-6-14;/h2-7,10,20-21H,8,18H2,1H3;1H. The highest BCUT2D eigenvalue weighted by Crippen LogP contribution is 2.29. The number of sulfonamides is 1. The van der Waals surface area contributed by atoms with Gasteiger partial charge in [0.1, 0.15) is 6.07 Å². The van der Waals surface area contributed by atoms with Crippen molar-refractivity contribution in [2.24, 2.45) is 5.73 Å². The summed E-state index contributed by atoms with van der Waals surface area (Å²) in [7, 11) is -3.73. The van der Waals surface area contributed by atoms with Gasteiger partial charge >= 0.3 is 0 Å². The number of aryl methyl sites for hydroxylation is 1. The molecule has 0 aliphatic heterocycles. The third kappa shape index (κ3) is 3.46. The van der Waals surface area contributed by atoms with Gasteiger partial charge in [-0.1, -0.05) is 18.2 Å². The lowest BCUT2D eigenvalue weighted by atomic mass is 10.1. The molecular formula is C17H17ClN4O2S. The third-order valence-corrected chi connectivity index (χ3v) is 5.26. The number of nitrogens with two attached hydrogens (primary N) is 1. The van der Waals surface area contributed by atoms with Crippen molar-refractivity contribution in [1.29, 1.82) is 5.26 Å². The predicted octanol–water partition coefficient (Wildman–Crippen LogP) is 3.03. The maximum atomic E-state index is 12.6. The number of nitriles is 1. The van der Waals surface area contributed by atoms with Crippen LogP contribution in [-0.2, 0) is 16.6 Å². The van der Waals surface area contributed by atoms with Crippen molar-refractivity contribution in [3.8, 4) is 6.07 Å². The second kappa shape index (κ2) is 7.15. The molecule has 0 saturated heterocycles. The highest BCUT2D eigenvalue weighted by atomic mass is 35.5. The zero-order chi connectivity index (χ0) is 17.3. The first kappa shape index (κ1) is 18.8. The molecule has 25 heavy (non-hydrogen) atoms. The number of aromatic amines is 1. The van der Waals surface area contributed by atoms with Crippen LogP contribution in [0.4, 0.5) is 5.69 Å². The van der Waals surface area contributed by atoms with Gasteiger partial charge in [0.25, 0.3) is 10.0 Å². The molecule has 0 saturated carbocycles. The highest BCUT2D eigenvalue weighted by molar-refractivity contribution is 7.92. The van der Waals surface area contributed by atoms with Crippen molar-refractivity contribution in [2.75, 3.05) is 4.72 Å². The average Bonchev–Trinajstić information content (AvgIpc) is 3.02. The van der Waals surface area contributed by atoms with Gasteiger partial charge in [-0.05, 0) is 36.2 Å². The van der Waals surface area contributed by atoms with Crippen LogP contribution in [0.2, 0.25) is 0 Å². The molecule has 0 aliphatic rings. The quantitative estimate of drug-likeness (QED) is 0.649. The van der Waals surface area contributed by atoms with E-state index in [2.05, 4.69) is 15.8 Å². The minimum absolute atomic E-state index is 0. The van der Waals surface area contributed by atoms with Crippen molar-refractivity contribution in [3.05, 3.63) is 59.3 Å². The van der Waals surface area contributed by atoms with Crippen LogP contribution in [0.5, 0.6) is 0 Å². The Morgan fingerprint density at radius 1 is 1.20 bits per heavy atom. The summed E-state index contributed by atoms with van der Waals surface area (Å²) in [6, 6.07) is 12.0. The van der Waals surface area contributed by atoms with Crippen molar-refractivity contribution >= 4 is 39.0 Å². The molecule has 0 bridgehead atoms. The van der Waals surface area contributed by atoms with Gasteiger partial charge in [0.05, 0.1) is 21.7 Å². The van der Waals surface area contributed by atoms with Crippen molar-refractivity contribution in [3.63, 3.8) is 0 Å². The van der Waals surface area contributed by atoms with Crippen molar-refractivity contribution in [2.45, 2.75) is 18.4 Å². The molecule has 6 nitrogen and oxygen atoms in total. The van der Waals surface area contributed by atoms with E-state index in [-0.39, 0.29) is 17.3 Å². The van der Waals surface area contributed by atoms with E-state index in [1.165, 1.54) is 12.1 Å². The number of fused-ring (bicyclic) bond motifs is 1. The number of anilines is 1. The van der Waals surface area contributed by atoms with Gasteiger partial charge in [0.15, 0.2) is 0 Å². The van der Waals surface area contributed by atoms with Gasteiger partial charge in [0.2, 0.25) is 0 Å². The molecule has 0 radical (unpaired) electrons. The Bertz CT molecular complexity index is 1050. The van der Waals surface area contributed by atoms with Crippen molar-refractivity contribution in [1.82, 2.24) is 4.98 Å². The molecule has 0 atom stereocenters. The number of H-pyrrole nitrogens is 1. The summed E-state index contributed by atoms with van der Waals surface area (Å²) in [5, 5.41) is 9.90. The van der Waals surface area contributed by atoms with Crippen LogP contribution in [-0.4, -0.2) is 13.4 Å². The number of rotatable bonds is 4. The molecule has 0 unspecified atom stereocenters. The maximum Gasteiger partial charge on any atom is 0.261 e. The fourth-order valence-electron chi connectivity index (χ4n) is 2.60. The van der Waals surface area contributed by atoms with Gasteiger partial charge in [-0.25, -0.2) is 8.42 Å². The molecule has 0 fully saturated rings. The van der Waals surface area contributed by atoms with Crippen LogP contribution in [0.3, 0.4) is 0 Å². The second-order valence-corrected chi connectivity index (χ2v) is 7.13. The Labute approximate surface area is 152 Å². The summed E-state index contributed by atoms with van der Waals surface area (Å²) in [6.07, 6.45) is 1.57. The lowest BCUT2D eigenvalue weighted by Gasteiger charge is -2.10. The molecule has 1 heterocycles. The van der Waals surface area contributed by atoms with E-state index in [4.69, 9.17) is 5.73 Å². The van der Waals surface area contributed by atoms with Crippen LogP contribution >= 0.6 is 12.4 Å². The van der Waals surface area contributed by atoms with E-state index in [0.29, 0.717) is 23.3 Å². The molecule has 3 aromatic rings. The summed E-state index contributed by atoms with van der Waals surface area (Å²) in [5.41, 5.74) is 8.76.